The average Bonchev–Trinajstić information content (AvgIpc) is 2.93. The first-order valence-electron chi connectivity index (χ1n) is 11.6. The number of aromatic nitrogens is 2. The van der Waals surface area contributed by atoms with Crippen molar-refractivity contribution in [2.45, 2.75) is 6.18 Å². The monoisotopic (exact) mass is 528 g/mol. The molecule has 6 aromatic rings. The second-order valence-corrected chi connectivity index (χ2v) is 8.47. The first kappa shape index (κ1) is 24.1. The van der Waals surface area contributed by atoms with Crippen LogP contribution in [0.2, 0.25) is 0 Å². The maximum Gasteiger partial charge on any atom is 0.453 e. The maximum absolute atomic E-state index is 13.8. The first-order valence-corrected chi connectivity index (χ1v) is 11.6. The van der Waals surface area contributed by atoms with E-state index >= 15 is 0 Å². The molecule has 6 rings (SSSR count). The molecule has 0 unspecified atom stereocenters. The van der Waals surface area contributed by atoms with Crippen LogP contribution in [0, 0.1) is 0 Å². The first-order chi connectivity index (χ1) is 18.8. The van der Waals surface area contributed by atoms with Gasteiger partial charge in [0.1, 0.15) is 17.1 Å². The van der Waals surface area contributed by atoms with Crippen molar-refractivity contribution in [3.05, 3.63) is 113 Å². The minimum Gasteiger partial charge on any atom is -0.449 e. The Morgan fingerprint density at radius 3 is 2.13 bits per heavy atom. The highest BCUT2D eigenvalue weighted by molar-refractivity contribution is 5.96. The summed E-state index contributed by atoms with van der Waals surface area (Å²) < 4.78 is 57.1. The maximum atomic E-state index is 13.8. The lowest BCUT2D eigenvalue weighted by Crippen LogP contribution is -2.15. The number of rotatable bonds is 4. The Hall–Kier alpha value is -5.25. The second-order valence-electron chi connectivity index (χ2n) is 8.47. The summed E-state index contributed by atoms with van der Waals surface area (Å²) in [6.07, 6.45) is -5.03. The van der Waals surface area contributed by atoms with Gasteiger partial charge in [0.25, 0.3) is 5.76 Å². The summed E-state index contributed by atoms with van der Waals surface area (Å²) in [5, 5.41) is -0.179. The molecule has 2 aromatic heterocycles. The van der Waals surface area contributed by atoms with E-state index in [-0.39, 0.29) is 22.4 Å². The Balaban J connectivity index is 1.35. The molecule has 0 saturated heterocycles. The van der Waals surface area contributed by atoms with Crippen LogP contribution in [0.3, 0.4) is 0 Å². The Morgan fingerprint density at radius 1 is 0.744 bits per heavy atom. The lowest BCUT2D eigenvalue weighted by Gasteiger charge is -2.13. The summed E-state index contributed by atoms with van der Waals surface area (Å²) in [5.74, 6) is -3.46. The van der Waals surface area contributed by atoms with E-state index in [4.69, 9.17) is 13.9 Å². The number of carbonyl (C=O) groups excluding carboxylic acids is 1. The molecule has 0 aliphatic rings. The van der Waals surface area contributed by atoms with Gasteiger partial charge in [-0.05, 0) is 54.6 Å². The third kappa shape index (κ3) is 4.63. The van der Waals surface area contributed by atoms with Crippen LogP contribution in [0.25, 0.3) is 33.0 Å². The van der Waals surface area contributed by atoms with Crippen LogP contribution in [-0.2, 0) is 6.18 Å². The van der Waals surface area contributed by atoms with Gasteiger partial charge in [-0.25, -0.2) is 14.8 Å². The lowest BCUT2D eigenvalue weighted by atomic mass is 10.1. The number of carbonyl (C=O) groups is 1. The summed E-state index contributed by atoms with van der Waals surface area (Å²) in [4.78, 5) is 34.8. The fourth-order valence-corrected chi connectivity index (χ4v) is 4.02. The van der Waals surface area contributed by atoms with Crippen LogP contribution < -0.4 is 14.9 Å². The van der Waals surface area contributed by atoms with Crippen LogP contribution in [0.1, 0.15) is 16.1 Å². The molecule has 0 aliphatic heterocycles. The largest absolute Gasteiger partial charge is 0.453 e. The van der Waals surface area contributed by atoms with E-state index in [2.05, 4.69) is 9.97 Å². The van der Waals surface area contributed by atoms with Gasteiger partial charge in [0, 0.05) is 6.07 Å². The summed E-state index contributed by atoms with van der Waals surface area (Å²) in [6.45, 7) is 0. The molecule has 0 aliphatic carbocycles. The fraction of sp³-hybridized carbons (Fsp3) is 0.0345. The minimum atomic E-state index is -5.03. The third-order valence-corrected chi connectivity index (χ3v) is 5.83. The Kier molecular flexibility index (Phi) is 5.72. The summed E-state index contributed by atoms with van der Waals surface area (Å²) in [5.41, 5.74) is 1.10. The molecule has 0 spiro atoms. The van der Waals surface area contributed by atoms with Crippen molar-refractivity contribution in [3.63, 3.8) is 0 Å². The SMILES string of the molecule is O=C(Oc1ccc2c(=O)c(Oc3ccccc3)c(C(F)(F)F)oc2c1)c1ccc2nc3ccccc3nc2c1. The molecule has 0 radical (unpaired) electrons. The van der Waals surface area contributed by atoms with Crippen LogP contribution in [0.4, 0.5) is 13.2 Å². The van der Waals surface area contributed by atoms with Gasteiger partial charge in [0.15, 0.2) is 0 Å². The number of ether oxygens (including phenoxy) is 2. The Morgan fingerprint density at radius 2 is 1.41 bits per heavy atom. The second kappa shape index (κ2) is 9.25. The molecular weight excluding hydrogens is 513 g/mol. The number of para-hydroxylation sites is 3. The van der Waals surface area contributed by atoms with Crippen LogP contribution in [0.15, 0.2) is 100 Å². The molecule has 0 N–H and O–H groups in total. The number of hydrogen-bond donors (Lipinski definition) is 0. The van der Waals surface area contributed by atoms with Crippen molar-refractivity contribution in [3.8, 4) is 17.2 Å². The topological polar surface area (TPSA) is 91.5 Å². The van der Waals surface area contributed by atoms with E-state index in [0.717, 1.165) is 6.07 Å². The minimum absolute atomic E-state index is 0.0354. The molecule has 0 bridgehead atoms. The van der Waals surface area contributed by atoms with Crippen molar-refractivity contribution < 1.29 is 31.9 Å². The van der Waals surface area contributed by atoms with Crippen molar-refractivity contribution in [2.24, 2.45) is 0 Å². The molecule has 7 nitrogen and oxygen atoms in total. The molecule has 10 heteroatoms. The van der Waals surface area contributed by atoms with E-state index in [9.17, 15) is 22.8 Å². The molecule has 0 amide bonds. The van der Waals surface area contributed by atoms with Crippen molar-refractivity contribution in [1.82, 2.24) is 9.97 Å². The molecule has 39 heavy (non-hydrogen) atoms. The highest BCUT2D eigenvalue weighted by Gasteiger charge is 2.40. The molecule has 0 atom stereocenters. The molecule has 4 aromatic carbocycles. The number of halogens is 3. The number of benzene rings is 4. The van der Waals surface area contributed by atoms with E-state index in [0.29, 0.717) is 22.1 Å². The van der Waals surface area contributed by atoms with Crippen LogP contribution in [0.5, 0.6) is 17.2 Å². The molecular formula is C29H15F3N2O5. The zero-order chi connectivity index (χ0) is 27.1. The van der Waals surface area contributed by atoms with Crippen molar-refractivity contribution in [1.29, 1.82) is 0 Å². The normalized spacial score (nSPS) is 11.7. The van der Waals surface area contributed by atoms with Gasteiger partial charge in [-0.15, -0.1) is 0 Å². The zero-order valence-corrected chi connectivity index (χ0v) is 19.7. The predicted octanol–water partition coefficient (Wildman–Crippen LogP) is 6.92. The molecule has 192 valence electrons. The number of alkyl halides is 3. The Labute approximate surface area is 217 Å². The van der Waals surface area contributed by atoms with Gasteiger partial charge in [-0.2, -0.15) is 13.2 Å². The molecule has 0 saturated carbocycles. The summed E-state index contributed by atoms with van der Waals surface area (Å²) >= 11 is 0. The average molecular weight is 528 g/mol. The van der Waals surface area contributed by atoms with Gasteiger partial charge in [0.05, 0.1) is 33.0 Å². The molecule has 2 heterocycles. The lowest BCUT2D eigenvalue weighted by molar-refractivity contribution is -0.154. The van der Waals surface area contributed by atoms with E-state index in [1.807, 2.05) is 18.2 Å². The fourth-order valence-electron chi connectivity index (χ4n) is 4.02. The summed E-state index contributed by atoms with van der Waals surface area (Å²) in [7, 11) is 0. The van der Waals surface area contributed by atoms with Crippen LogP contribution in [-0.4, -0.2) is 15.9 Å². The predicted molar refractivity (Wildman–Crippen MR) is 136 cm³/mol. The van der Waals surface area contributed by atoms with E-state index in [1.165, 1.54) is 36.4 Å². The van der Waals surface area contributed by atoms with Gasteiger partial charge in [-0.1, -0.05) is 30.3 Å². The number of nitrogens with zero attached hydrogens (tertiary/aromatic N) is 2. The highest BCUT2D eigenvalue weighted by Crippen LogP contribution is 2.38. The summed E-state index contributed by atoms with van der Waals surface area (Å²) in [6, 6.07) is 23.0. The third-order valence-electron chi connectivity index (χ3n) is 5.83. The van der Waals surface area contributed by atoms with Crippen molar-refractivity contribution in [2.75, 3.05) is 0 Å². The van der Waals surface area contributed by atoms with E-state index in [1.54, 1.807) is 30.3 Å². The van der Waals surface area contributed by atoms with E-state index < -0.39 is 34.7 Å². The van der Waals surface area contributed by atoms with Gasteiger partial charge >= 0.3 is 12.1 Å². The quantitative estimate of drug-likeness (QED) is 0.139. The number of esters is 1. The number of hydrogen-bond acceptors (Lipinski definition) is 7. The zero-order valence-electron chi connectivity index (χ0n) is 19.7. The number of fused-ring (bicyclic) bond motifs is 3. The van der Waals surface area contributed by atoms with Gasteiger partial charge < -0.3 is 13.9 Å². The highest BCUT2D eigenvalue weighted by atomic mass is 19.4. The van der Waals surface area contributed by atoms with Crippen LogP contribution >= 0.6 is 0 Å². The van der Waals surface area contributed by atoms with Gasteiger partial charge in [-0.3, -0.25) is 4.79 Å². The molecule has 0 fully saturated rings. The smallest absolute Gasteiger partial charge is 0.449 e. The van der Waals surface area contributed by atoms with Crippen molar-refractivity contribution >= 4 is 39.0 Å². The standard InChI is InChI=1S/C29H15F3N2O5/c30-29(31,32)27-26(37-17-6-2-1-3-7-17)25(35)19-12-11-18(15-24(19)39-27)38-28(36)16-10-13-22-23(14-16)34-21-9-5-4-8-20(21)33-22/h1-15H. The Bertz CT molecular complexity index is 1950. The van der Waals surface area contributed by atoms with Gasteiger partial charge in [0.2, 0.25) is 11.2 Å².